The van der Waals surface area contributed by atoms with Gasteiger partial charge in [-0.15, -0.1) is 10.2 Å². The highest BCUT2D eigenvalue weighted by Gasteiger charge is 2.48. The zero-order valence-electron chi connectivity index (χ0n) is 24.4. The molecular formula is C34H28FN3O5S2. The minimum absolute atomic E-state index is 0.154. The van der Waals surface area contributed by atoms with E-state index in [2.05, 4.69) is 34.5 Å². The number of anilines is 1. The lowest BCUT2D eigenvalue weighted by Gasteiger charge is -2.23. The second-order valence-electron chi connectivity index (χ2n) is 10.0. The highest BCUT2D eigenvalue weighted by Crippen LogP contribution is 2.45. The largest absolute Gasteiger partial charge is 0.507 e. The number of thioether (sulfide) groups is 1. The molecule has 0 saturated carbocycles. The number of hydrogen-bond acceptors (Lipinski definition) is 9. The van der Waals surface area contributed by atoms with Gasteiger partial charge in [-0.05, 0) is 72.1 Å². The molecule has 1 atom stereocenters. The molecule has 6 rings (SSSR count). The van der Waals surface area contributed by atoms with Gasteiger partial charge >= 0.3 is 5.91 Å². The summed E-state index contributed by atoms with van der Waals surface area (Å²) in [5.41, 5.74) is 1.66. The van der Waals surface area contributed by atoms with Crippen molar-refractivity contribution in [2.24, 2.45) is 0 Å². The first kappa shape index (κ1) is 30.3. The Kier molecular flexibility index (Phi) is 8.81. The van der Waals surface area contributed by atoms with Gasteiger partial charge in [-0.3, -0.25) is 14.5 Å². The number of rotatable bonds is 10. The number of halogens is 1. The highest BCUT2D eigenvalue weighted by atomic mass is 32.2. The van der Waals surface area contributed by atoms with Crippen LogP contribution in [-0.4, -0.2) is 40.2 Å². The van der Waals surface area contributed by atoms with E-state index in [4.69, 9.17) is 9.47 Å². The van der Waals surface area contributed by atoms with E-state index in [9.17, 15) is 19.1 Å². The van der Waals surface area contributed by atoms with Crippen LogP contribution in [0.25, 0.3) is 16.5 Å². The minimum Gasteiger partial charge on any atom is -0.507 e. The third kappa shape index (κ3) is 6.01. The third-order valence-corrected chi connectivity index (χ3v) is 9.38. The zero-order chi connectivity index (χ0) is 31.5. The molecule has 0 aliphatic carbocycles. The minimum atomic E-state index is -1.06. The van der Waals surface area contributed by atoms with Crippen LogP contribution >= 0.6 is 23.1 Å². The van der Waals surface area contributed by atoms with Crippen LogP contribution in [0.5, 0.6) is 11.5 Å². The Bertz CT molecular complexity index is 1920. The van der Waals surface area contributed by atoms with Crippen LogP contribution in [0.15, 0.2) is 94.8 Å². The van der Waals surface area contributed by atoms with E-state index in [0.717, 1.165) is 16.3 Å². The summed E-state index contributed by atoms with van der Waals surface area (Å²) >= 11 is 2.66. The first-order chi connectivity index (χ1) is 21.9. The van der Waals surface area contributed by atoms with Crippen molar-refractivity contribution in [3.8, 4) is 11.5 Å². The van der Waals surface area contributed by atoms with Gasteiger partial charge in [-0.25, -0.2) is 4.39 Å². The second-order valence-corrected chi connectivity index (χ2v) is 12.2. The lowest BCUT2D eigenvalue weighted by Crippen LogP contribution is -2.29. The molecule has 228 valence electrons. The zero-order valence-corrected chi connectivity index (χ0v) is 26.0. The number of aromatic nitrogens is 2. The molecule has 1 fully saturated rings. The lowest BCUT2D eigenvalue weighted by atomic mass is 9.95. The molecule has 1 amide bonds. The summed E-state index contributed by atoms with van der Waals surface area (Å²) in [6, 6.07) is 23.4. The Hall–Kier alpha value is -4.74. The Morgan fingerprint density at radius 1 is 0.933 bits per heavy atom. The van der Waals surface area contributed by atoms with Crippen molar-refractivity contribution >= 4 is 56.5 Å². The van der Waals surface area contributed by atoms with Crippen LogP contribution in [-0.2, 0) is 15.3 Å². The summed E-state index contributed by atoms with van der Waals surface area (Å²) < 4.78 is 25.8. The van der Waals surface area contributed by atoms with Crippen molar-refractivity contribution < 1.29 is 28.6 Å². The summed E-state index contributed by atoms with van der Waals surface area (Å²) in [7, 11) is 0. The van der Waals surface area contributed by atoms with Crippen LogP contribution in [0.1, 0.15) is 36.6 Å². The maximum absolute atomic E-state index is 13.7. The van der Waals surface area contributed by atoms with Gasteiger partial charge in [0, 0.05) is 11.3 Å². The van der Waals surface area contributed by atoms with Gasteiger partial charge in [-0.2, -0.15) is 0 Å². The molecule has 4 aromatic carbocycles. The normalized spacial score (nSPS) is 16.0. The van der Waals surface area contributed by atoms with Crippen LogP contribution < -0.4 is 14.4 Å². The second kappa shape index (κ2) is 13.1. The standard InChI is InChI=1S/C34H28FN3O5S2/c1-3-42-26-17-14-22(18-27(26)43-4-2)29-28(30(39)21-12-15-24(35)16-13-21)31(40)32(41)38(29)33-36-37-34(45-33)44-19-23-10-7-9-20-8-5-6-11-25(20)23/h5-18,29,39H,3-4,19H2,1-2H3/b30-28+. The van der Waals surface area contributed by atoms with E-state index in [1.807, 2.05) is 32.0 Å². The fraction of sp³-hybridized carbons (Fsp3) is 0.176. The summed E-state index contributed by atoms with van der Waals surface area (Å²) in [6.45, 7) is 4.45. The van der Waals surface area contributed by atoms with Gasteiger partial charge in [0.2, 0.25) is 5.13 Å². The molecule has 8 nitrogen and oxygen atoms in total. The molecule has 0 bridgehead atoms. The van der Waals surface area contributed by atoms with Crippen LogP contribution in [0.4, 0.5) is 9.52 Å². The average molecular weight is 642 g/mol. The SMILES string of the molecule is CCOc1ccc(C2/C(=C(\O)c3ccc(F)cc3)C(=O)C(=O)N2c2nnc(SCc3cccc4ccccc34)s2)cc1OCC. The number of nitrogens with zero attached hydrogens (tertiary/aromatic N) is 3. The molecule has 1 aliphatic rings. The Labute approximate surface area is 267 Å². The summed E-state index contributed by atoms with van der Waals surface area (Å²) in [4.78, 5) is 28.5. The smallest absolute Gasteiger partial charge is 0.301 e. The van der Waals surface area contributed by atoms with Gasteiger partial charge in [0.25, 0.3) is 5.78 Å². The van der Waals surface area contributed by atoms with E-state index >= 15 is 0 Å². The molecule has 2 heterocycles. The molecule has 5 aromatic rings. The van der Waals surface area contributed by atoms with Gasteiger partial charge in [0.05, 0.1) is 24.8 Å². The van der Waals surface area contributed by atoms with E-state index in [1.54, 1.807) is 18.2 Å². The number of ether oxygens (including phenoxy) is 2. The van der Waals surface area contributed by atoms with Crippen molar-refractivity contribution in [1.29, 1.82) is 0 Å². The molecule has 11 heteroatoms. The molecule has 1 unspecified atom stereocenters. The number of benzene rings is 4. The summed E-state index contributed by atoms with van der Waals surface area (Å²) in [5, 5.41) is 22.5. The molecule has 45 heavy (non-hydrogen) atoms. The molecule has 1 aliphatic heterocycles. The summed E-state index contributed by atoms with van der Waals surface area (Å²) in [6.07, 6.45) is 0. The van der Waals surface area contributed by atoms with Crippen molar-refractivity contribution in [2.75, 3.05) is 18.1 Å². The molecule has 0 radical (unpaired) electrons. The van der Waals surface area contributed by atoms with Crippen molar-refractivity contribution in [3.63, 3.8) is 0 Å². The van der Waals surface area contributed by atoms with Crippen molar-refractivity contribution in [1.82, 2.24) is 10.2 Å². The first-order valence-corrected chi connectivity index (χ1v) is 16.1. The van der Waals surface area contributed by atoms with E-state index in [-0.39, 0.29) is 16.3 Å². The monoisotopic (exact) mass is 641 g/mol. The van der Waals surface area contributed by atoms with E-state index in [0.29, 0.717) is 40.4 Å². The number of aliphatic hydroxyl groups excluding tert-OH is 1. The Balaban J connectivity index is 1.40. The molecule has 1 saturated heterocycles. The number of carbonyl (C=O) groups is 2. The Morgan fingerprint density at radius 3 is 2.44 bits per heavy atom. The first-order valence-electron chi connectivity index (χ1n) is 14.3. The molecule has 1 N–H and O–H groups in total. The van der Waals surface area contributed by atoms with Gasteiger partial charge in [-0.1, -0.05) is 71.6 Å². The average Bonchev–Trinajstić information content (AvgIpc) is 3.62. The topological polar surface area (TPSA) is 102 Å². The number of Topliss-reactive ketones (excluding diaryl/α,β-unsaturated/α-hetero) is 1. The van der Waals surface area contributed by atoms with Crippen molar-refractivity contribution in [3.05, 3.63) is 113 Å². The number of amides is 1. The van der Waals surface area contributed by atoms with E-state index < -0.39 is 29.3 Å². The van der Waals surface area contributed by atoms with Crippen LogP contribution in [0, 0.1) is 5.82 Å². The van der Waals surface area contributed by atoms with Crippen molar-refractivity contribution in [2.45, 2.75) is 30.0 Å². The maximum Gasteiger partial charge on any atom is 0.301 e. The van der Waals surface area contributed by atoms with Crippen LogP contribution in [0.2, 0.25) is 0 Å². The summed E-state index contributed by atoms with van der Waals surface area (Å²) in [5.74, 6) is -1.14. The fourth-order valence-electron chi connectivity index (χ4n) is 5.26. The van der Waals surface area contributed by atoms with Gasteiger partial charge in [0.1, 0.15) is 11.6 Å². The molecular weight excluding hydrogens is 614 g/mol. The number of aliphatic hydroxyl groups is 1. The van der Waals surface area contributed by atoms with Gasteiger partial charge in [0.15, 0.2) is 15.8 Å². The Morgan fingerprint density at radius 2 is 1.67 bits per heavy atom. The predicted octanol–water partition coefficient (Wildman–Crippen LogP) is 7.55. The molecule has 1 aromatic heterocycles. The quantitative estimate of drug-likeness (QED) is 0.0549. The third-order valence-electron chi connectivity index (χ3n) is 7.28. The fourth-order valence-corrected chi connectivity index (χ4v) is 7.13. The highest BCUT2D eigenvalue weighted by molar-refractivity contribution is 8.00. The van der Waals surface area contributed by atoms with E-state index in [1.165, 1.54) is 52.3 Å². The molecule has 0 spiro atoms. The number of ketones is 1. The number of hydrogen-bond donors (Lipinski definition) is 1. The van der Waals surface area contributed by atoms with Crippen LogP contribution in [0.3, 0.4) is 0 Å². The number of carbonyl (C=O) groups excluding carboxylic acids is 2. The maximum atomic E-state index is 13.7. The predicted molar refractivity (Wildman–Crippen MR) is 173 cm³/mol. The lowest BCUT2D eigenvalue weighted by molar-refractivity contribution is -0.132. The number of fused-ring (bicyclic) bond motifs is 1. The van der Waals surface area contributed by atoms with Gasteiger partial charge < -0.3 is 14.6 Å².